The molecule has 1 aromatic carbocycles. The van der Waals surface area contributed by atoms with Gasteiger partial charge in [0.25, 0.3) is 5.91 Å². The third kappa shape index (κ3) is 5.31. The average molecular weight is 349 g/mol. The maximum atomic E-state index is 11.9. The van der Waals surface area contributed by atoms with Crippen molar-refractivity contribution in [2.45, 2.75) is 19.6 Å². The van der Waals surface area contributed by atoms with Crippen LogP contribution in [0.2, 0.25) is 0 Å². The van der Waals surface area contributed by atoms with Gasteiger partial charge in [0.1, 0.15) is 11.5 Å². The zero-order valence-corrected chi connectivity index (χ0v) is 14.3. The molecule has 0 aliphatic rings. The lowest BCUT2D eigenvalue weighted by atomic mass is 10.2. The van der Waals surface area contributed by atoms with Gasteiger partial charge in [-0.2, -0.15) is 0 Å². The number of ether oxygens (including phenoxy) is 1. The van der Waals surface area contributed by atoms with E-state index in [9.17, 15) is 9.59 Å². The number of anilines is 1. The molecule has 0 bridgehead atoms. The Kier molecular flexibility index (Phi) is 6.25. The number of benzene rings is 1. The van der Waals surface area contributed by atoms with Crippen molar-refractivity contribution >= 4 is 29.3 Å². The van der Waals surface area contributed by atoms with E-state index in [2.05, 4.69) is 10.5 Å². The number of amides is 2. The second kappa shape index (κ2) is 8.39. The second-order valence-electron chi connectivity index (χ2n) is 5.12. The van der Waals surface area contributed by atoms with E-state index < -0.39 is 5.91 Å². The number of nitrogens with two attached hydrogens (primary N) is 1. The van der Waals surface area contributed by atoms with Crippen LogP contribution < -0.4 is 15.8 Å². The first-order valence-corrected chi connectivity index (χ1v) is 8.41. The average Bonchev–Trinajstić information content (AvgIpc) is 2.86. The van der Waals surface area contributed by atoms with Gasteiger partial charge in [-0.05, 0) is 38.1 Å². The Labute approximate surface area is 143 Å². The van der Waals surface area contributed by atoms with Crippen molar-refractivity contribution < 1.29 is 18.8 Å². The monoisotopic (exact) mass is 349 g/mol. The number of hydrogen-bond donors (Lipinski definition) is 2. The van der Waals surface area contributed by atoms with Crippen LogP contribution in [0.15, 0.2) is 28.8 Å². The van der Waals surface area contributed by atoms with Crippen LogP contribution in [0.4, 0.5) is 5.69 Å². The Morgan fingerprint density at radius 3 is 2.58 bits per heavy atom. The van der Waals surface area contributed by atoms with Crippen LogP contribution in [0.1, 0.15) is 17.0 Å². The fourth-order valence-corrected chi connectivity index (χ4v) is 2.92. The first-order valence-electron chi connectivity index (χ1n) is 7.26. The normalized spacial score (nSPS) is 10.4. The molecule has 1 aromatic heterocycles. The van der Waals surface area contributed by atoms with Gasteiger partial charge in [0.2, 0.25) is 5.91 Å². The summed E-state index contributed by atoms with van der Waals surface area (Å²) in [7, 11) is 0. The molecular weight excluding hydrogens is 330 g/mol. The largest absolute Gasteiger partial charge is 0.484 e. The summed E-state index contributed by atoms with van der Waals surface area (Å²) in [6.07, 6.45) is 0. The summed E-state index contributed by atoms with van der Waals surface area (Å²) in [5.41, 5.74) is 7.54. The summed E-state index contributed by atoms with van der Waals surface area (Å²) in [5, 5.41) is 6.68. The van der Waals surface area contributed by atoms with Crippen molar-refractivity contribution in [3.05, 3.63) is 41.3 Å². The molecule has 0 atom stereocenters. The van der Waals surface area contributed by atoms with Crippen molar-refractivity contribution in [2.24, 2.45) is 5.73 Å². The fourth-order valence-electron chi connectivity index (χ4n) is 1.94. The first-order chi connectivity index (χ1) is 11.5. The molecule has 2 aromatic rings. The van der Waals surface area contributed by atoms with Gasteiger partial charge in [-0.1, -0.05) is 5.16 Å². The molecule has 7 nitrogen and oxygen atoms in total. The number of aromatic nitrogens is 1. The Morgan fingerprint density at radius 2 is 2.00 bits per heavy atom. The van der Waals surface area contributed by atoms with E-state index in [-0.39, 0.29) is 12.5 Å². The van der Waals surface area contributed by atoms with Gasteiger partial charge in [-0.15, -0.1) is 11.8 Å². The quantitative estimate of drug-likeness (QED) is 0.755. The minimum atomic E-state index is -0.539. The number of carbonyl (C=O) groups excluding carboxylic acids is 2. The van der Waals surface area contributed by atoms with Crippen molar-refractivity contribution in [3.63, 3.8) is 0 Å². The fraction of sp³-hybridized carbons (Fsp3) is 0.312. The van der Waals surface area contributed by atoms with Crippen LogP contribution in [-0.2, 0) is 15.3 Å². The topological polar surface area (TPSA) is 107 Å². The zero-order valence-electron chi connectivity index (χ0n) is 13.5. The molecule has 0 aliphatic heterocycles. The summed E-state index contributed by atoms with van der Waals surface area (Å²) in [4.78, 5) is 22.6. The van der Waals surface area contributed by atoms with Crippen molar-refractivity contribution in [2.75, 3.05) is 17.7 Å². The molecule has 8 heteroatoms. The number of thioether (sulfide) groups is 1. The highest BCUT2D eigenvalue weighted by atomic mass is 32.2. The number of primary amides is 1. The van der Waals surface area contributed by atoms with Crippen LogP contribution in [0, 0.1) is 13.8 Å². The highest BCUT2D eigenvalue weighted by molar-refractivity contribution is 7.99. The van der Waals surface area contributed by atoms with E-state index in [1.54, 1.807) is 24.3 Å². The molecule has 0 unspecified atom stereocenters. The molecule has 24 heavy (non-hydrogen) atoms. The molecule has 0 saturated heterocycles. The maximum absolute atomic E-state index is 11.9. The van der Waals surface area contributed by atoms with Gasteiger partial charge in [0.05, 0.1) is 11.4 Å². The lowest BCUT2D eigenvalue weighted by molar-refractivity contribution is -0.120. The minimum Gasteiger partial charge on any atom is -0.484 e. The Hall–Kier alpha value is -2.48. The minimum absolute atomic E-state index is 0.0995. The van der Waals surface area contributed by atoms with Crippen LogP contribution >= 0.6 is 11.8 Å². The number of carbonyl (C=O) groups is 2. The van der Waals surface area contributed by atoms with E-state index in [1.807, 2.05) is 13.8 Å². The molecule has 0 saturated carbocycles. The molecule has 1 heterocycles. The van der Waals surface area contributed by atoms with Crippen LogP contribution in [0.25, 0.3) is 0 Å². The third-order valence-electron chi connectivity index (χ3n) is 3.18. The number of nitrogens with one attached hydrogen (secondary N) is 1. The zero-order chi connectivity index (χ0) is 17.5. The summed E-state index contributed by atoms with van der Waals surface area (Å²) >= 11 is 1.49. The van der Waals surface area contributed by atoms with E-state index in [0.717, 1.165) is 17.0 Å². The summed E-state index contributed by atoms with van der Waals surface area (Å²) in [6, 6.07) is 6.73. The molecule has 3 N–H and O–H groups in total. The maximum Gasteiger partial charge on any atom is 0.255 e. The van der Waals surface area contributed by atoms with Crippen LogP contribution in [0.3, 0.4) is 0 Å². The molecule has 0 fully saturated rings. The van der Waals surface area contributed by atoms with Gasteiger partial charge < -0.3 is 20.3 Å². The number of nitrogens with zero attached hydrogens (tertiary/aromatic N) is 1. The highest BCUT2D eigenvalue weighted by Crippen LogP contribution is 2.20. The van der Waals surface area contributed by atoms with Crippen LogP contribution in [-0.4, -0.2) is 29.3 Å². The van der Waals surface area contributed by atoms with Crippen molar-refractivity contribution in [3.8, 4) is 5.75 Å². The van der Waals surface area contributed by atoms with Crippen molar-refractivity contribution in [1.82, 2.24) is 5.16 Å². The number of hydrogen-bond acceptors (Lipinski definition) is 6. The molecule has 2 rings (SSSR count). The van der Waals surface area contributed by atoms with E-state index in [1.165, 1.54) is 11.8 Å². The third-order valence-corrected chi connectivity index (χ3v) is 4.14. The van der Waals surface area contributed by atoms with Crippen molar-refractivity contribution in [1.29, 1.82) is 0 Å². The Bertz CT molecular complexity index is 693. The van der Waals surface area contributed by atoms with Gasteiger partial charge in [-0.3, -0.25) is 9.59 Å². The SMILES string of the molecule is Cc1noc(C)c1CSCC(=O)Nc1ccc(OCC(N)=O)cc1. The number of aryl methyl sites for hydroxylation is 2. The standard InChI is InChI=1S/C16H19N3O4S/c1-10-14(11(2)23-19-10)8-24-9-16(21)18-12-3-5-13(6-4-12)22-7-15(17)20/h3-6H,7-9H2,1-2H3,(H2,17,20)(H,18,21). The van der Waals surface area contributed by atoms with Gasteiger partial charge >= 0.3 is 0 Å². The summed E-state index contributed by atoms with van der Waals surface area (Å²) in [6.45, 7) is 3.57. The first kappa shape index (κ1) is 17.9. The summed E-state index contributed by atoms with van der Waals surface area (Å²) < 4.78 is 10.2. The molecule has 2 amide bonds. The highest BCUT2D eigenvalue weighted by Gasteiger charge is 2.10. The molecule has 0 aliphatic carbocycles. The Balaban J connectivity index is 1.77. The smallest absolute Gasteiger partial charge is 0.255 e. The second-order valence-corrected chi connectivity index (χ2v) is 6.11. The predicted molar refractivity (Wildman–Crippen MR) is 91.9 cm³/mol. The predicted octanol–water partition coefficient (Wildman–Crippen LogP) is 2.03. The lowest BCUT2D eigenvalue weighted by Crippen LogP contribution is -2.20. The molecule has 0 spiro atoms. The molecule has 128 valence electrons. The van der Waals surface area contributed by atoms with E-state index in [4.69, 9.17) is 15.0 Å². The van der Waals surface area contributed by atoms with Gasteiger partial charge in [0, 0.05) is 17.0 Å². The van der Waals surface area contributed by atoms with E-state index in [0.29, 0.717) is 22.9 Å². The summed E-state index contributed by atoms with van der Waals surface area (Å²) in [5.74, 6) is 1.66. The van der Waals surface area contributed by atoms with Crippen LogP contribution in [0.5, 0.6) is 5.75 Å². The van der Waals surface area contributed by atoms with E-state index >= 15 is 0 Å². The van der Waals surface area contributed by atoms with Gasteiger partial charge in [-0.25, -0.2) is 0 Å². The lowest BCUT2D eigenvalue weighted by Gasteiger charge is -2.07. The molecule has 0 radical (unpaired) electrons. The number of rotatable bonds is 8. The molecular formula is C16H19N3O4S. The van der Waals surface area contributed by atoms with Gasteiger partial charge in [0.15, 0.2) is 6.61 Å². The Morgan fingerprint density at radius 1 is 1.29 bits per heavy atom.